The first kappa shape index (κ1) is 18.2. The molecule has 0 radical (unpaired) electrons. The van der Waals surface area contributed by atoms with Gasteiger partial charge in [0.05, 0.1) is 10.1 Å². The minimum atomic E-state index is -2.29. The summed E-state index contributed by atoms with van der Waals surface area (Å²) in [7, 11) is 0. The maximum Gasteiger partial charge on any atom is 0.318 e. The number of amides is 3. The van der Waals surface area contributed by atoms with Crippen molar-refractivity contribution in [3.63, 3.8) is 0 Å². The first-order chi connectivity index (χ1) is 10.1. The number of thioether (sulfide) groups is 1. The predicted molar refractivity (Wildman–Crippen MR) is 68.4 cm³/mol. The number of primary amides is 1. The van der Waals surface area contributed by atoms with Crippen molar-refractivity contribution in [1.29, 1.82) is 0 Å². The lowest BCUT2D eigenvalue weighted by Gasteiger charge is -2.19. The molecule has 0 aromatic heterocycles. The van der Waals surface area contributed by atoms with Gasteiger partial charge in [0.25, 0.3) is 0 Å². The van der Waals surface area contributed by atoms with Crippen LogP contribution in [0.5, 0.6) is 0 Å². The summed E-state index contributed by atoms with van der Waals surface area (Å²) in [5.41, 5.74) is 4.75. The van der Waals surface area contributed by atoms with Crippen molar-refractivity contribution in [3.05, 3.63) is 29.1 Å². The SMILES string of the molecule is CC(C)[C@@H](Sc1c(F)c(F)c(F)c(F)c1F)C(=O)NC(N)=O. The summed E-state index contributed by atoms with van der Waals surface area (Å²) >= 11 is 0.121. The Labute approximate surface area is 126 Å². The van der Waals surface area contributed by atoms with Crippen LogP contribution < -0.4 is 11.1 Å². The van der Waals surface area contributed by atoms with Crippen molar-refractivity contribution in [2.75, 3.05) is 0 Å². The van der Waals surface area contributed by atoms with Gasteiger partial charge in [-0.1, -0.05) is 13.8 Å². The molecule has 1 atom stereocenters. The number of imide groups is 1. The third-order valence-electron chi connectivity index (χ3n) is 2.52. The molecule has 0 bridgehead atoms. The van der Waals surface area contributed by atoms with Gasteiger partial charge < -0.3 is 5.73 Å². The van der Waals surface area contributed by atoms with E-state index in [1.165, 1.54) is 13.8 Å². The van der Waals surface area contributed by atoms with Crippen molar-refractivity contribution < 1.29 is 31.5 Å². The largest absolute Gasteiger partial charge is 0.351 e. The monoisotopic (exact) mass is 342 g/mol. The third kappa shape index (κ3) is 3.67. The van der Waals surface area contributed by atoms with Crippen LogP contribution in [-0.2, 0) is 4.79 Å². The average molecular weight is 342 g/mol. The van der Waals surface area contributed by atoms with E-state index < -0.39 is 57.1 Å². The summed E-state index contributed by atoms with van der Waals surface area (Å²) in [6.07, 6.45) is 0. The zero-order chi connectivity index (χ0) is 17.2. The maximum atomic E-state index is 13.6. The van der Waals surface area contributed by atoms with Crippen molar-refractivity contribution in [3.8, 4) is 0 Å². The van der Waals surface area contributed by atoms with Crippen LogP contribution in [0.2, 0.25) is 0 Å². The van der Waals surface area contributed by atoms with E-state index in [1.807, 2.05) is 0 Å². The smallest absolute Gasteiger partial charge is 0.318 e. The molecule has 4 nitrogen and oxygen atoms in total. The van der Waals surface area contributed by atoms with Crippen LogP contribution >= 0.6 is 11.8 Å². The van der Waals surface area contributed by atoms with E-state index in [1.54, 1.807) is 5.32 Å². The van der Waals surface area contributed by atoms with Crippen LogP contribution in [0, 0.1) is 35.0 Å². The summed E-state index contributed by atoms with van der Waals surface area (Å²) in [6.45, 7) is 2.93. The molecule has 0 unspecified atom stereocenters. The van der Waals surface area contributed by atoms with E-state index in [4.69, 9.17) is 5.73 Å². The van der Waals surface area contributed by atoms with Crippen LogP contribution in [-0.4, -0.2) is 17.2 Å². The van der Waals surface area contributed by atoms with Gasteiger partial charge in [-0.15, -0.1) is 11.8 Å². The quantitative estimate of drug-likeness (QED) is 0.382. The maximum absolute atomic E-state index is 13.6. The van der Waals surface area contributed by atoms with Crippen molar-refractivity contribution >= 4 is 23.7 Å². The number of halogens is 5. The molecule has 1 rings (SSSR count). The molecule has 10 heteroatoms. The molecule has 0 saturated heterocycles. The molecule has 122 valence electrons. The van der Waals surface area contributed by atoms with E-state index in [0.29, 0.717) is 0 Å². The number of hydrogen-bond donors (Lipinski definition) is 2. The Morgan fingerprint density at radius 2 is 1.36 bits per heavy atom. The van der Waals surface area contributed by atoms with Crippen LogP contribution in [0.3, 0.4) is 0 Å². The summed E-state index contributed by atoms with van der Waals surface area (Å²) < 4.78 is 66.4. The molecule has 0 aliphatic carbocycles. The lowest BCUT2D eigenvalue weighted by molar-refractivity contribution is -0.120. The molecule has 0 fully saturated rings. The molecule has 0 saturated carbocycles. The zero-order valence-electron chi connectivity index (χ0n) is 11.3. The summed E-state index contributed by atoms with van der Waals surface area (Å²) in [5.74, 6) is -12.2. The third-order valence-corrected chi connectivity index (χ3v) is 4.13. The fourth-order valence-corrected chi connectivity index (χ4v) is 2.58. The first-order valence-corrected chi connectivity index (χ1v) is 6.74. The van der Waals surface area contributed by atoms with Crippen LogP contribution in [0.25, 0.3) is 0 Å². The lowest BCUT2D eigenvalue weighted by atomic mass is 10.1. The van der Waals surface area contributed by atoms with E-state index in [-0.39, 0.29) is 11.8 Å². The molecule has 0 spiro atoms. The van der Waals surface area contributed by atoms with Gasteiger partial charge in [-0.2, -0.15) is 0 Å². The number of carbonyl (C=O) groups is 2. The fourth-order valence-electron chi connectivity index (χ4n) is 1.50. The number of hydrogen-bond acceptors (Lipinski definition) is 3. The second-order valence-electron chi connectivity index (χ2n) is 4.54. The van der Waals surface area contributed by atoms with E-state index >= 15 is 0 Å². The number of nitrogens with one attached hydrogen (secondary N) is 1. The minimum Gasteiger partial charge on any atom is -0.351 e. The Kier molecular flexibility index (Phi) is 5.75. The van der Waals surface area contributed by atoms with Crippen LogP contribution in [0.4, 0.5) is 26.7 Å². The summed E-state index contributed by atoms with van der Waals surface area (Å²) in [5, 5.41) is 0.406. The second kappa shape index (κ2) is 6.95. The van der Waals surface area contributed by atoms with Crippen LogP contribution in [0.1, 0.15) is 13.8 Å². The summed E-state index contributed by atoms with van der Waals surface area (Å²) in [6, 6.07) is -1.20. The highest BCUT2D eigenvalue weighted by molar-refractivity contribution is 8.00. The van der Waals surface area contributed by atoms with Gasteiger partial charge in [0.1, 0.15) is 0 Å². The highest BCUT2D eigenvalue weighted by atomic mass is 32.2. The molecule has 3 N–H and O–H groups in total. The van der Waals surface area contributed by atoms with Crippen molar-refractivity contribution in [1.82, 2.24) is 5.32 Å². The number of benzene rings is 1. The van der Waals surface area contributed by atoms with E-state index in [0.717, 1.165) is 0 Å². The van der Waals surface area contributed by atoms with Gasteiger partial charge >= 0.3 is 6.03 Å². The van der Waals surface area contributed by atoms with E-state index in [9.17, 15) is 31.5 Å². The molecule has 3 amide bonds. The Hall–Kier alpha value is -1.84. The molecule has 22 heavy (non-hydrogen) atoms. The average Bonchev–Trinajstić information content (AvgIpc) is 2.41. The molecule has 1 aromatic rings. The first-order valence-electron chi connectivity index (χ1n) is 5.86. The molecular weight excluding hydrogens is 331 g/mol. The highest BCUT2D eigenvalue weighted by Crippen LogP contribution is 2.35. The van der Waals surface area contributed by atoms with Crippen LogP contribution in [0.15, 0.2) is 4.90 Å². The molecule has 0 aliphatic heterocycles. The predicted octanol–water partition coefficient (Wildman–Crippen LogP) is 2.69. The Morgan fingerprint density at radius 1 is 0.955 bits per heavy atom. The Bertz CT molecular complexity index is 595. The van der Waals surface area contributed by atoms with Crippen molar-refractivity contribution in [2.24, 2.45) is 11.7 Å². The van der Waals surface area contributed by atoms with Gasteiger partial charge in [-0.25, -0.2) is 26.7 Å². The van der Waals surface area contributed by atoms with Gasteiger partial charge in [0, 0.05) is 0 Å². The minimum absolute atomic E-state index is 0.121. The Morgan fingerprint density at radius 3 is 1.73 bits per heavy atom. The number of nitrogens with two attached hydrogens (primary N) is 1. The Balaban J connectivity index is 3.26. The molecular formula is C12H11F5N2O2S. The van der Waals surface area contributed by atoms with Crippen molar-refractivity contribution in [2.45, 2.75) is 24.0 Å². The van der Waals surface area contributed by atoms with Gasteiger partial charge in [-0.05, 0) is 5.92 Å². The lowest BCUT2D eigenvalue weighted by Crippen LogP contribution is -2.42. The normalized spacial score (nSPS) is 12.4. The second-order valence-corrected chi connectivity index (χ2v) is 5.69. The van der Waals surface area contributed by atoms with Gasteiger partial charge in [0.15, 0.2) is 23.3 Å². The standard InChI is InChI=1S/C12H11F5N2O2S/c1-3(2)9(11(20)19-12(18)21)22-10-7(16)5(14)4(13)6(15)8(10)17/h3,9H,1-2H3,(H3,18,19,20,21)/t9-/m1/s1. The number of rotatable bonds is 4. The molecule has 0 aliphatic rings. The zero-order valence-corrected chi connectivity index (χ0v) is 12.2. The van der Waals surface area contributed by atoms with E-state index in [2.05, 4.69) is 0 Å². The molecule has 0 heterocycles. The number of urea groups is 1. The van der Waals surface area contributed by atoms with Gasteiger partial charge in [-0.3, -0.25) is 10.1 Å². The number of carbonyl (C=O) groups excluding carboxylic acids is 2. The fraction of sp³-hybridized carbons (Fsp3) is 0.333. The van der Waals surface area contributed by atoms with Gasteiger partial charge in [0.2, 0.25) is 11.7 Å². The topological polar surface area (TPSA) is 72.2 Å². The summed E-state index contributed by atoms with van der Waals surface area (Å²) in [4.78, 5) is 21.2. The molecule has 1 aromatic carbocycles. The highest BCUT2D eigenvalue weighted by Gasteiger charge is 2.32.